The Labute approximate surface area is 104 Å². The molecule has 2 heteroatoms. The van der Waals surface area contributed by atoms with E-state index in [9.17, 15) is 4.79 Å². The molecule has 0 aliphatic carbocycles. The molecule has 0 radical (unpaired) electrons. The molecule has 1 atom stereocenters. The summed E-state index contributed by atoms with van der Waals surface area (Å²) in [6.07, 6.45) is 2.73. The van der Waals surface area contributed by atoms with Crippen LogP contribution in [0.15, 0.2) is 24.3 Å². The molecule has 92 valence electrons. The van der Waals surface area contributed by atoms with Gasteiger partial charge in [0.1, 0.15) is 0 Å². The first-order valence-corrected chi connectivity index (χ1v) is 6.54. The number of aryl methyl sites for hydroxylation is 1. The summed E-state index contributed by atoms with van der Waals surface area (Å²) in [7, 11) is 0. The molecule has 1 fully saturated rings. The van der Waals surface area contributed by atoms with Gasteiger partial charge < -0.3 is 4.90 Å². The molecule has 1 saturated heterocycles. The zero-order valence-electron chi connectivity index (χ0n) is 10.9. The van der Waals surface area contributed by atoms with E-state index in [2.05, 4.69) is 45.0 Å². The normalized spacial score (nSPS) is 20.4. The lowest BCUT2D eigenvalue weighted by Gasteiger charge is -2.28. The van der Waals surface area contributed by atoms with E-state index in [4.69, 9.17) is 0 Å². The van der Waals surface area contributed by atoms with E-state index in [-0.39, 0.29) is 5.91 Å². The van der Waals surface area contributed by atoms with Crippen molar-refractivity contribution in [1.29, 1.82) is 0 Å². The summed E-state index contributed by atoms with van der Waals surface area (Å²) in [5, 5.41) is 0. The van der Waals surface area contributed by atoms with Crippen molar-refractivity contribution in [3.05, 3.63) is 29.8 Å². The SMILES string of the molecule is CCc1ccc(N2C(=O)CCC2C(C)C)cc1. The first-order valence-electron chi connectivity index (χ1n) is 6.54. The minimum Gasteiger partial charge on any atom is -0.309 e. The third-order valence-electron chi connectivity index (χ3n) is 3.65. The fraction of sp³-hybridized carbons (Fsp3) is 0.533. The summed E-state index contributed by atoms with van der Waals surface area (Å²) < 4.78 is 0. The molecule has 1 aliphatic rings. The van der Waals surface area contributed by atoms with Crippen molar-refractivity contribution < 1.29 is 4.79 Å². The molecule has 2 nitrogen and oxygen atoms in total. The summed E-state index contributed by atoms with van der Waals surface area (Å²) >= 11 is 0. The lowest BCUT2D eigenvalue weighted by Crippen LogP contribution is -2.36. The number of benzene rings is 1. The second kappa shape index (κ2) is 4.91. The van der Waals surface area contributed by atoms with Gasteiger partial charge in [0.05, 0.1) is 0 Å². The summed E-state index contributed by atoms with van der Waals surface area (Å²) in [4.78, 5) is 14.0. The Morgan fingerprint density at radius 2 is 1.94 bits per heavy atom. The van der Waals surface area contributed by atoms with Crippen LogP contribution in [0.4, 0.5) is 5.69 Å². The van der Waals surface area contributed by atoms with E-state index in [1.807, 2.05) is 4.90 Å². The molecular formula is C15H21NO. The fourth-order valence-electron chi connectivity index (χ4n) is 2.57. The van der Waals surface area contributed by atoms with Crippen LogP contribution in [-0.4, -0.2) is 11.9 Å². The largest absolute Gasteiger partial charge is 0.309 e. The molecule has 2 rings (SSSR count). The van der Waals surface area contributed by atoms with E-state index in [1.54, 1.807) is 0 Å². The number of carbonyl (C=O) groups excluding carboxylic acids is 1. The van der Waals surface area contributed by atoms with Gasteiger partial charge in [-0.25, -0.2) is 0 Å². The minimum absolute atomic E-state index is 0.271. The van der Waals surface area contributed by atoms with Gasteiger partial charge in [-0.1, -0.05) is 32.9 Å². The Bertz CT molecular complexity index is 394. The van der Waals surface area contributed by atoms with Gasteiger partial charge in [-0.15, -0.1) is 0 Å². The van der Waals surface area contributed by atoms with Crippen molar-refractivity contribution in [3.8, 4) is 0 Å². The van der Waals surface area contributed by atoms with Gasteiger partial charge >= 0.3 is 0 Å². The van der Waals surface area contributed by atoms with Gasteiger partial charge in [-0.3, -0.25) is 4.79 Å². The molecule has 1 unspecified atom stereocenters. The van der Waals surface area contributed by atoms with Crippen LogP contribution in [-0.2, 0) is 11.2 Å². The van der Waals surface area contributed by atoms with Gasteiger partial charge in [-0.05, 0) is 36.5 Å². The summed E-state index contributed by atoms with van der Waals surface area (Å²) in [6, 6.07) is 8.78. The Balaban J connectivity index is 2.26. The minimum atomic E-state index is 0.271. The van der Waals surface area contributed by atoms with Crippen molar-refractivity contribution in [2.24, 2.45) is 5.92 Å². The molecule has 0 aromatic heterocycles. The topological polar surface area (TPSA) is 20.3 Å². The van der Waals surface area contributed by atoms with Crippen molar-refractivity contribution >= 4 is 11.6 Å². The number of rotatable bonds is 3. The maximum Gasteiger partial charge on any atom is 0.227 e. The molecule has 1 aromatic carbocycles. The number of anilines is 1. The van der Waals surface area contributed by atoms with Crippen LogP contribution in [0.5, 0.6) is 0 Å². The lowest BCUT2D eigenvalue weighted by atomic mass is 10.0. The molecule has 0 spiro atoms. The van der Waals surface area contributed by atoms with E-state index in [0.717, 1.165) is 18.5 Å². The molecule has 0 bridgehead atoms. The Kier molecular flexibility index (Phi) is 3.51. The molecule has 1 heterocycles. The number of hydrogen-bond acceptors (Lipinski definition) is 1. The first-order chi connectivity index (χ1) is 8.13. The Hall–Kier alpha value is -1.31. The van der Waals surface area contributed by atoms with E-state index < -0.39 is 0 Å². The molecule has 1 aliphatic heterocycles. The predicted molar refractivity (Wildman–Crippen MR) is 71.2 cm³/mol. The molecular weight excluding hydrogens is 210 g/mol. The van der Waals surface area contributed by atoms with Gasteiger partial charge in [-0.2, -0.15) is 0 Å². The number of hydrogen-bond donors (Lipinski definition) is 0. The summed E-state index contributed by atoms with van der Waals surface area (Å²) in [5.41, 5.74) is 2.38. The smallest absolute Gasteiger partial charge is 0.227 e. The highest BCUT2D eigenvalue weighted by molar-refractivity contribution is 5.96. The highest BCUT2D eigenvalue weighted by atomic mass is 16.2. The van der Waals surface area contributed by atoms with Gasteiger partial charge in [0, 0.05) is 18.2 Å². The average Bonchev–Trinajstić information content (AvgIpc) is 2.71. The Morgan fingerprint density at radius 3 is 2.47 bits per heavy atom. The van der Waals surface area contributed by atoms with Crippen molar-refractivity contribution in [3.63, 3.8) is 0 Å². The van der Waals surface area contributed by atoms with Crippen LogP contribution in [0.2, 0.25) is 0 Å². The lowest BCUT2D eigenvalue weighted by molar-refractivity contribution is -0.117. The average molecular weight is 231 g/mol. The second-order valence-electron chi connectivity index (χ2n) is 5.13. The van der Waals surface area contributed by atoms with E-state index >= 15 is 0 Å². The Morgan fingerprint density at radius 1 is 1.29 bits per heavy atom. The van der Waals surface area contributed by atoms with Gasteiger partial charge in [0.15, 0.2) is 0 Å². The van der Waals surface area contributed by atoms with Crippen LogP contribution in [0.25, 0.3) is 0 Å². The van der Waals surface area contributed by atoms with Gasteiger partial charge in [0.25, 0.3) is 0 Å². The van der Waals surface area contributed by atoms with Crippen LogP contribution in [0.1, 0.15) is 39.2 Å². The standard InChI is InChI=1S/C15H21NO/c1-4-12-5-7-13(8-6-12)16-14(11(2)3)9-10-15(16)17/h5-8,11,14H,4,9-10H2,1-3H3. The third-order valence-corrected chi connectivity index (χ3v) is 3.65. The van der Waals surface area contributed by atoms with Crippen molar-refractivity contribution in [1.82, 2.24) is 0 Å². The maximum absolute atomic E-state index is 12.0. The van der Waals surface area contributed by atoms with E-state index in [0.29, 0.717) is 18.4 Å². The number of amides is 1. The predicted octanol–water partition coefficient (Wildman–Crippen LogP) is 3.40. The van der Waals surface area contributed by atoms with Crippen LogP contribution >= 0.6 is 0 Å². The highest BCUT2D eigenvalue weighted by Crippen LogP contribution is 2.30. The first kappa shape index (κ1) is 12.2. The van der Waals surface area contributed by atoms with Gasteiger partial charge in [0.2, 0.25) is 5.91 Å². The highest BCUT2D eigenvalue weighted by Gasteiger charge is 2.33. The molecule has 17 heavy (non-hydrogen) atoms. The molecule has 1 aromatic rings. The third kappa shape index (κ3) is 2.36. The monoisotopic (exact) mass is 231 g/mol. The van der Waals surface area contributed by atoms with Crippen molar-refractivity contribution in [2.45, 2.75) is 46.1 Å². The quantitative estimate of drug-likeness (QED) is 0.780. The second-order valence-corrected chi connectivity index (χ2v) is 5.13. The zero-order valence-corrected chi connectivity index (χ0v) is 10.9. The number of carbonyl (C=O) groups is 1. The maximum atomic E-state index is 12.0. The zero-order chi connectivity index (χ0) is 12.4. The van der Waals surface area contributed by atoms with Crippen LogP contribution in [0.3, 0.4) is 0 Å². The van der Waals surface area contributed by atoms with E-state index in [1.165, 1.54) is 5.56 Å². The summed E-state index contributed by atoms with van der Waals surface area (Å²) in [6.45, 7) is 6.53. The van der Waals surface area contributed by atoms with Crippen LogP contribution < -0.4 is 4.90 Å². The molecule has 0 saturated carbocycles. The number of nitrogens with zero attached hydrogens (tertiary/aromatic N) is 1. The fourth-order valence-corrected chi connectivity index (χ4v) is 2.57. The molecule has 1 amide bonds. The molecule has 0 N–H and O–H groups in total. The van der Waals surface area contributed by atoms with Crippen molar-refractivity contribution in [2.75, 3.05) is 4.90 Å². The van der Waals surface area contributed by atoms with Crippen LogP contribution in [0, 0.1) is 5.92 Å². The summed E-state index contributed by atoms with van der Waals surface area (Å²) in [5.74, 6) is 0.792.